The van der Waals surface area contributed by atoms with Gasteiger partial charge in [-0.2, -0.15) is 0 Å². The molecule has 2 heterocycles. The van der Waals surface area contributed by atoms with Crippen LogP contribution in [0.15, 0.2) is 17.0 Å². The summed E-state index contributed by atoms with van der Waals surface area (Å²) in [6.45, 7) is 5.70. The quantitative estimate of drug-likeness (QED) is 0.879. The number of carbonyl (C=O) groups excluding carboxylic acids is 1. The molecule has 0 bridgehead atoms. The van der Waals surface area contributed by atoms with Crippen molar-refractivity contribution in [3.05, 3.63) is 29.5 Å². The van der Waals surface area contributed by atoms with Crippen molar-refractivity contribution >= 4 is 17.5 Å². The molecule has 0 fully saturated rings. The predicted molar refractivity (Wildman–Crippen MR) is 87.5 cm³/mol. The van der Waals surface area contributed by atoms with Crippen LogP contribution in [0.5, 0.6) is 0 Å². The summed E-state index contributed by atoms with van der Waals surface area (Å²) in [5, 5.41) is 9.67. The third kappa shape index (κ3) is 3.77. The van der Waals surface area contributed by atoms with Crippen LogP contribution in [0.3, 0.4) is 0 Å². The zero-order valence-corrected chi connectivity index (χ0v) is 14.0. The first-order valence-electron chi connectivity index (χ1n) is 7.41. The highest BCUT2D eigenvalue weighted by atomic mass is 16.5. The summed E-state index contributed by atoms with van der Waals surface area (Å²) in [4.78, 5) is 22.2. The van der Waals surface area contributed by atoms with Gasteiger partial charge in [-0.3, -0.25) is 0 Å². The average molecular weight is 318 g/mol. The molecule has 2 amide bonds. The van der Waals surface area contributed by atoms with Crippen molar-refractivity contribution in [2.24, 2.45) is 0 Å². The number of rotatable bonds is 5. The summed E-state index contributed by atoms with van der Waals surface area (Å²) in [6.07, 6.45) is 3.73. The number of aromatic nitrogens is 3. The van der Waals surface area contributed by atoms with E-state index in [1.165, 1.54) is 6.33 Å². The molecule has 2 rings (SSSR count). The van der Waals surface area contributed by atoms with Gasteiger partial charge >= 0.3 is 6.03 Å². The van der Waals surface area contributed by atoms with Crippen molar-refractivity contribution in [3.63, 3.8) is 0 Å². The lowest BCUT2D eigenvalue weighted by molar-refractivity contribution is 0.248. The van der Waals surface area contributed by atoms with E-state index in [1.54, 1.807) is 6.20 Å². The SMILES string of the molecule is CC[C@H](NC(=O)Nc1cncnc1N(C)C)c1c(C)noc1C. The standard InChI is InChI=1S/C15H22N6O2/c1-6-11(13-9(2)20-23-10(13)3)18-15(22)19-12-7-16-8-17-14(12)21(4)5/h7-8,11H,6H2,1-5H3,(H2,18,19,22)/t11-/m0/s1. The van der Waals surface area contributed by atoms with Gasteiger partial charge in [-0.1, -0.05) is 12.1 Å². The van der Waals surface area contributed by atoms with Crippen molar-refractivity contribution in [1.82, 2.24) is 20.4 Å². The molecular formula is C15H22N6O2. The lowest BCUT2D eigenvalue weighted by atomic mass is 10.0. The van der Waals surface area contributed by atoms with Crippen molar-refractivity contribution in [3.8, 4) is 0 Å². The largest absolute Gasteiger partial charge is 0.361 e. The lowest BCUT2D eigenvalue weighted by Crippen LogP contribution is -2.33. The molecule has 124 valence electrons. The normalized spacial score (nSPS) is 11.9. The Morgan fingerprint density at radius 2 is 2.13 bits per heavy atom. The Morgan fingerprint density at radius 1 is 1.39 bits per heavy atom. The molecule has 8 heteroatoms. The number of nitrogens with zero attached hydrogens (tertiary/aromatic N) is 4. The lowest BCUT2D eigenvalue weighted by Gasteiger charge is -2.19. The number of anilines is 2. The Morgan fingerprint density at radius 3 is 2.70 bits per heavy atom. The number of amides is 2. The molecule has 0 unspecified atom stereocenters. The van der Waals surface area contributed by atoms with E-state index >= 15 is 0 Å². The molecule has 0 aliphatic carbocycles. The van der Waals surface area contributed by atoms with E-state index in [2.05, 4.69) is 25.8 Å². The maximum atomic E-state index is 12.3. The van der Waals surface area contributed by atoms with Gasteiger partial charge in [0.25, 0.3) is 0 Å². The Balaban J connectivity index is 2.13. The molecule has 23 heavy (non-hydrogen) atoms. The van der Waals surface area contributed by atoms with E-state index in [1.807, 2.05) is 39.8 Å². The third-order valence-corrected chi connectivity index (χ3v) is 3.51. The summed E-state index contributed by atoms with van der Waals surface area (Å²) in [7, 11) is 3.70. The summed E-state index contributed by atoms with van der Waals surface area (Å²) >= 11 is 0. The first-order valence-corrected chi connectivity index (χ1v) is 7.41. The first-order chi connectivity index (χ1) is 10.9. The van der Waals surface area contributed by atoms with Crippen LogP contribution >= 0.6 is 0 Å². The second kappa shape index (κ2) is 7.08. The molecular weight excluding hydrogens is 296 g/mol. The topological polar surface area (TPSA) is 96.2 Å². The van der Waals surface area contributed by atoms with Gasteiger partial charge in [0, 0.05) is 19.7 Å². The third-order valence-electron chi connectivity index (χ3n) is 3.51. The number of aryl methyl sites for hydroxylation is 2. The fourth-order valence-electron chi connectivity index (χ4n) is 2.45. The molecule has 2 aromatic heterocycles. The molecule has 2 aromatic rings. The van der Waals surface area contributed by atoms with E-state index in [0.717, 1.165) is 17.7 Å². The van der Waals surface area contributed by atoms with Gasteiger partial charge in [0.2, 0.25) is 0 Å². The van der Waals surface area contributed by atoms with Crippen molar-refractivity contribution < 1.29 is 9.32 Å². The Labute approximate surface area is 135 Å². The number of carbonyl (C=O) groups is 1. The van der Waals surface area contributed by atoms with Gasteiger partial charge in [-0.25, -0.2) is 14.8 Å². The Kier molecular flexibility index (Phi) is 5.15. The highest BCUT2D eigenvalue weighted by molar-refractivity contribution is 5.92. The van der Waals surface area contributed by atoms with Crippen LogP contribution in [0.2, 0.25) is 0 Å². The van der Waals surface area contributed by atoms with Gasteiger partial charge in [0.05, 0.1) is 17.9 Å². The summed E-state index contributed by atoms with van der Waals surface area (Å²) in [6, 6.07) is -0.497. The summed E-state index contributed by atoms with van der Waals surface area (Å²) in [5.74, 6) is 1.35. The van der Waals surface area contributed by atoms with Crippen LogP contribution in [-0.2, 0) is 0 Å². The second-order valence-electron chi connectivity index (χ2n) is 5.45. The van der Waals surface area contributed by atoms with E-state index in [-0.39, 0.29) is 12.1 Å². The number of nitrogens with one attached hydrogen (secondary N) is 2. The van der Waals surface area contributed by atoms with E-state index < -0.39 is 0 Å². The molecule has 0 spiro atoms. The Bertz CT molecular complexity index is 663. The van der Waals surface area contributed by atoms with E-state index in [0.29, 0.717) is 17.3 Å². The zero-order chi connectivity index (χ0) is 17.0. The molecule has 0 aromatic carbocycles. The molecule has 0 aliphatic heterocycles. The molecule has 2 N–H and O–H groups in total. The highest BCUT2D eigenvalue weighted by Crippen LogP contribution is 2.24. The minimum atomic E-state index is -0.324. The van der Waals surface area contributed by atoms with Gasteiger partial charge in [-0.05, 0) is 20.3 Å². The van der Waals surface area contributed by atoms with Gasteiger partial charge in [0.1, 0.15) is 17.8 Å². The molecule has 8 nitrogen and oxygen atoms in total. The van der Waals surface area contributed by atoms with Crippen LogP contribution < -0.4 is 15.5 Å². The predicted octanol–water partition coefficient (Wildman–Crippen LogP) is 2.42. The maximum absolute atomic E-state index is 12.3. The van der Waals surface area contributed by atoms with Gasteiger partial charge in [-0.15, -0.1) is 0 Å². The Hall–Kier alpha value is -2.64. The van der Waals surface area contributed by atoms with Crippen LogP contribution in [0.25, 0.3) is 0 Å². The maximum Gasteiger partial charge on any atom is 0.319 e. The highest BCUT2D eigenvalue weighted by Gasteiger charge is 2.21. The number of hydrogen-bond donors (Lipinski definition) is 2. The fraction of sp³-hybridized carbons (Fsp3) is 0.467. The van der Waals surface area contributed by atoms with Crippen molar-refractivity contribution in [2.45, 2.75) is 33.2 Å². The molecule has 1 atom stereocenters. The second-order valence-corrected chi connectivity index (χ2v) is 5.45. The molecule has 0 aliphatic rings. The monoisotopic (exact) mass is 318 g/mol. The minimum Gasteiger partial charge on any atom is -0.361 e. The van der Waals surface area contributed by atoms with Gasteiger partial charge < -0.3 is 20.1 Å². The van der Waals surface area contributed by atoms with E-state index in [9.17, 15) is 4.79 Å². The molecule has 0 saturated carbocycles. The van der Waals surface area contributed by atoms with Crippen LogP contribution in [0, 0.1) is 13.8 Å². The number of urea groups is 1. The first kappa shape index (κ1) is 16.7. The zero-order valence-electron chi connectivity index (χ0n) is 14.0. The minimum absolute atomic E-state index is 0.173. The smallest absolute Gasteiger partial charge is 0.319 e. The van der Waals surface area contributed by atoms with Gasteiger partial charge in [0.15, 0.2) is 5.82 Å². The molecule has 0 saturated heterocycles. The van der Waals surface area contributed by atoms with E-state index in [4.69, 9.17) is 4.52 Å². The van der Waals surface area contributed by atoms with Crippen LogP contribution in [0.4, 0.5) is 16.3 Å². The summed E-state index contributed by atoms with van der Waals surface area (Å²) < 4.78 is 5.18. The fourth-order valence-corrected chi connectivity index (χ4v) is 2.45. The van der Waals surface area contributed by atoms with Crippen LogP contribution in [0.1, 0.15) is 36.4 Å². The average Bonchev–Trinajstić information content (AvgIpc) is 2.84. The van der Waals surface area contributed by atoms with Crippen molar-refractivity contribution in [1.29, 1.82) is 0 Å². The molecule has 0 radical (unpaired) electrons. The van der Waals surface area contributed by atoms with Crippen LogP contribution in [-0.4, -0.2) is 35.3 Å². The number of hydrogen-bond acceptors (Lipinski definition) is 6. The summed E-state index contributed by atoms with van der Waals surface area (Å²) in [5.41, 5.74) is 2.25. The van der Waals surface area contributed by atoms with Crippen molar-refractivity contribution in [2.75, 3.05) is 24.3 Å².